The Kier molecular flexibility index (Phi) is 10.9. The summed E-state index contributed by atoms with van der Waals surface area (Å²) in [6.45, 7) is 5.11. The molecule has 7 rings (SSSR count). The van der Waals surface area contributed by atoms with Gasteiger partial charge in [0.1, 0.15) is 11.5 Å². The minimum Gasteiger partial charge on any atom is -0.496 e. The van der Waals surface area contributed by atoms with Crippen molar-refractivity contribution in [1.82, 2.24) is 30.4 Å². The van der Waals surface area contributed by atoms with Crippen LogP contribution in [0.15, 0.2) is 72.9 Å². The molecule has 0 spiro atoms. The lowest BCUT2D eigenvalue weighted by Gasteiger charge is -2.21. The molecule has 0 bridgehead atoms. The van der Waals surface area contributed by atoms with Gasteiger partial charge >= 0.3 is 0 Å². The predicted molar refractivity (Wildman–Crippen MR) is 207 cm³/mol. The van der Waals surface area contributed by atoms with E-state index in [0.717, 1.165) is 81.8 Å². The Hall–Kier alpha value is -5.10. The first-order valence-corrected chi connectivity index (χ1v) is 18.3. The Morgan fingerprint density at radius 3 is 2.43 bits per heavy atom. The zero-order valence-corrected chi connectivity index (χ0v) is 31.3. The molecular formula is C41H45ClN6O5. The fraction of sp³-hybridized carbons (Fsp3) is 0.341. The number of nitrogens with zero attached hydrogens (tertiary/aromatic N) is 3. The van der Waals surface area contributed by atoms with E-state index in [1.54, 1.807) is 28.3 Å². The van der Waals surface area contributed by atoms with Crippen molar-refractivity contribution in [1.29, 1.82) is 0 Å². The van der Waals surface area contributed by atoms with E-state index in [-0.39, 0.29) is 23.9 Å². The molecule has 3 N–H and O–H groups in total. The van der Waals surface area contributed by atoms with E-state index in [0.29, 0.717) is 42.7 Å². The smallest absolute Gasteiger partial charge is 0.220 e. The van der Waals surface area contributed by atoms with Crippen molar-refractivity contribution >= 4 is 34.3 Å². The average Bonchev–Trinajstić information content (AvgIpc) is 3.91. The van der Waals surface area contributed by atoms with Crippen molar-refractivity contribution in [2.24, 2.45) is 0 Å². The van der Waals surface area contributed by atoms with Gasteiger partial charge in [0.15, 0.2) is 0 Å². The van der Waals surface area contributed by atoms with Crippen LogP contribution >= 0.6 is 11.6 Å². The van der Waals surface area contributed by atoms with Gasteiger partial charge in [0.25, 0.3) is 0 Å². The van der Waals surface area contributed by atoms with Crippen molar-refractivity contribution < 1.29 is 23.8 Å². The van der Waals surface area contributed by atoms with Gasteiger partial charge in [-0.1, -0.05) is 48.0 Å². The number of amides is 2. The van der Waals surface area contributed by atoms with Crippen LogP contribution in [0.3, 0.4) is 0 Å². The van der Waals surface area contributed by atoms with E-state index >= 15 is 0 Å². The number of halogens is 1. The number of rotatable bonds is 13. The van der Waals surface area contributed by atoms with Crippen LogP contribution in [-0.4, -0.2) is 79.3 Å². The highest BCUT2D eigenvalue weighted by molar-refractivity contribution is 6.36. The van der Waals surface area contributed by atoms with Crippen LogP contribution in [0, 0.1) is 0 Å². The SMILES string of the molecule is COc1cc(-n2ccc3c(-c4cccc(-c5ccc(CNC[C@@H]6CCC(=O)N6)c(OC)n5)c4Cl)cccc32)cc(OC)c1CN1CC[C@@H](NC(C)=O)C1. The Balaban J connectivity index is 1.15. The summed E-state index contributed by atoms with van der Waals surface area (Å²) in [5.74, 6) is 2.10. The molecule has 0 aliphatic carbocycles. The van der Waals surface area contributed by atoms with Gasteiger partial charge in [-0.3, -0.25) is 14.5 Å². The number of likely N-dealkylation sites (tertiary alicyclic amines) is 1. The highest BCUT2D eigenvalue weighted by atomic mass is 35.5. The number of carbonyl (C=O) groups is 2. The van der Waals surface area contributed by atoms with E-state index in [4.69, 9.17) is 30.8 Å². The maximum atomic E-state index is 11.6. The molecule has 0 radical (unpaired) electrons. The van der Waals surface area contributed by atoms with E-state index in [2.05, 4.69) is 49.8 Å². The molecule has 0 unspecified atom stereocenters. The predicted octanol–water partition coefficient (Wildman–Crippen LogP) is 6.12. The molecule has 0 saturated carbocycles. The fourth-order valence-electron chi connectivity index (χ4n) is 7.58. The van der Waals surface area contributed by atoms with Crippen LogP contribution in [0.2, 0.25) is 5.02 Å². The third-order valence-electron chi connectivity index (χ3n) is 10.2. The molecule has 53 heavy (non-hydrogen) atoms. The number of hydrogen-bond acceptors (Lipinski definition) is 8. The van der Waals surface area contributed by atoms with E-state index in [9.17, 15) is 9.59 Å². The first kappa shape index (κ1) is 36.3. The lowest BCUT2D eigenvalue weighted by atomic mass is 9.98. The molecule has 2 aliphatic rings. The summed E-state index contributed by atoms with van der Waals surface area (Å²) in [7, 11) is 4.98. The van der Waals surface area contributed by atoms with Crippen molar-refractivity contribution in [3.05, 3.63) is 89.1 Å². The third kappa shape index (κ3) is 7.69. The monoisotopic (exact) mass is 736 g/mol. The third-order valence-corrected chi connectivity index (χ3v) is 10.6. The summed E-state index contributed by atoms with van der Waals surface area (Å²) >= 11 is 7.21. The van der Waals surface area contributed by atoms with Crippen LogP contribution in [0.1, 0.15) is 37.3 Å². The van der Waals surface area contributed by atoms with Gasteiger partial charge < -0.3 is 34.7 Å². The summed E-state index contributed by atoms with van der Waals surface area (Å²) in [6.07, 6.45) is 4.38. The number of fused-ring (bicyclic) bond motifs is 1. The van der Waals surface area contributed by atoms with Gasteiger partial charge in [-0.2, -0.15) is 0 Å². The normalized spacial score (nSPS) is 17.3. The molecule has 12 heteroatoms. The van der Waals surface area contributed by atoms with Crippen molar-refractivity contribution in [3.63, 3.8) is 0 Å². The van der Waals surface area contributed by atoms with Crippen molar-refractivity contribution in [2.45, 2.75) is 51.4 Å². The van der Waals surface area contributed by atoms with Gasteiger partial charge in [0.2, 0.25) is 17.7 Å². The Labute approximate surface area is 314 Å². The number of benzene rings is 3. The maximum absolute atomic E-state index is 11.6. The van der Waals surface area contributed by atoms with Crippen LogP contribution in [-0.2, 0) is 22.7 Å². The molecule has 276 valence electrons. The van der Waals surface area contributed by atoms with Crippen LogP contribution in [0.5, 0.6) is 17.4 Å². The molecule has 3 aromatic carbocycles. The van der Waals surface area contributed by atoms with Gasteiger partial charge in [-0.25, -0.2) is 4.98 Å². The molecule has 4 heterocycles. The molecule has 2 amide bonds. The van der Waals surface area contributed by atoms with Gasteiger partial charge in [-0.05, 0) is 36.6 Å². The number of hydrogen-bond donors (Lipinski definition) is 3. The molecule has 2 fully saturated rings. The van der Waals surface area contributed by atoms with Gasteiger partial charge in [-0.15, -0.1) is 0 Å². The van der Waals surface area contributed by atoms with E-state index in [1.165, 1.54) is 0 Å². The van der Waals surface area contributed by atoms with E-state index in [1.807, 2.05) is 48.5 Å². The molecular weight excluding hydrogens is 692 g/mol. The summed E-state index contributed by atoms with van der Waals surface area (Å²) in [6, 6.07) is 22.7. The molecule has 11 nitrogen and oxygen atoms in total. The van der Waals surface area contributed by atoms with E-state index < -0.39 is 0 Å². The number of methoxy groups -OCH3 is 3. The van der Waals surface area contributed by atoms with Crippen LogP contribution < -0.4 is 30.2 Å². The maximum Gasteiger partial charge on any atom is 0.220 e. The highest BCUT2D eigenvalue weighted by Crippen LogP contribution is 2.41. The summed E-state index contributed by atoms with van der Waals surface area (Å²) in [5, 5.41) is 11.1. The first-order valence-electron chi connectivity index (χ1n) is 17.9. The quantitative estimate of drug-likeness (QED) is 0.132. The van der Waals surface area contributed by atoms with Gasteiger partial charge in [0, 0.05) is 98.6 Å². The Morgan fingerprint density at radius 1 is 0.962 bits per heavy atom. The Morgan fingerprint density at radius 2 is 1.72 bits per heavy atom. The number of carbonyl (C=O) groups excluding carboxylic acids is 2. The highest BCUT2D eigenvalue weighted by Gasteiger charge is 2.26. The standard InChI is InChI=1S/C41H45ClN6O5/c1-25(49)44-28-15-17-47(23-28)24-34-37(51-2)19-29(20-38(34)52-3)48-18-16-31-30(7-6-10-36(31)48)32-8-5-9-33(40(32)42)35-13-11-26(41(46-35)53-4)21-43-22-27-12-14-39(50)45-27/h5-11,13,16,18-20,27-28,43H,12,14-15,17,21-24H2,1-4H3,(H,44,49)(H,45,50)/t27-,28+/m0/s1. The average molecular weight is 737 g/mol. The minimum absolute atomic E-state index is 0.00507. The van der Waals surface area contributed by atoms with Crippen molar-refractivity contribution in [3.8, 4) is 45.5 Å². The second kappa shape index (κ2) is 15.9. The number of pyridine rings is 1. The second-order valence-corrected chi connectivity index (χ2v) is 14.0. The molecule has 5 aromatic rings. The van der Waals surface area contributed by atoms with Crippen molar-refractivity contribution in [2.75, 3.05) is 41.0 Å². The summed E-state index contributed by atoms with van der Waals surface area (Å²) in [5.41, 5.74) is 7.22. The minimum atomic E-state index is -0.00507. The molecule has 2 aliphatic heterocycles. The molecule has 2 aromatic heterocycles. The lowest BCUT2D eigenvalue weighted by molar-refractivity contribution is -0.120. The lowest BCUT2D eigenvalue weighted by Crippen LogP contribution is -2.35. The van der Waals surface area contributed by atoms with Crippen LogP contribution in [0.4, 0.5) is 0 Å². The number of nitrogens with one attached hydrogen (secondary N) is 3. The zero-order chi connectivity index (χ0) is 37.1. The first-order chi connectivity index (χ1) is 25.8. The fourth-order valence-corrected chi connectivity index (χ4v) is 7.90. The van der Waals surface area contributed by atoms with Crippen LogP contribution in [0.25, 0.3) is 39.0 Å². The Bertz CT molecular complexity index is 2130. The molecule has 2 saturated heterocycles. The topological polar surface area (TPSA) is 119 Å². The number of ether oxygens (including phenoxy) is 3. The second-order valence-electron chi connectivity index (χ2n) is 13.6. The summed E-state index contributed by atoms with van der Waals surface area (Å²) < 4.78 is 19.7. The number of aromatic nitrogens is 2. The summed E-state index contributed by atoms with van der Waals surface area (Å²) in [4.78, 5) is 30.3. The molecule has 2 atom stereocenters. The van der Waals surface area contributed by atoms with Gasteiger partial charge in [0.05, 0.1) is 48.8 Å². The largest absolute Gasteiger partial charge is 0.496 e. The zero-order valence-electron chi connectivity index (χ0n) is 30.5.